The summed E-state index contributed by atoms with van der Waals surface area (Å²) >= 11 is 1.90. The Hall–Kier alpha value is -0.220. The number of carbonyl (C=O) groups is 1. The summed E-state index contributed by atoms with van der Waals surface area (Å²) in [7, 11) is 0. The minimum atomic E-state index is -0.679. The van der Waals surface area contributed by atoms with E-state index < -0.39 is 5.60 Å². The maximum atomic E-state index is 11.9. The molecule has 1 saturated heterocycles. The van der Waals surface area contributed by atoms with Gasteiger partial charge in [-0.2, -0.15) is 11.8 Å². The molecule has 0 atom stereocenters. The molecule has 1 aliphatic carbocycles. The van der Waals surface area contributed by atoms with Crippen molar-refractivity contribution in [2.45, 2.75) is 37.7 Å². The van der Waals surface area contributed by atoms with Gasteiger partial charge < -0.3 is 10.0 Å². The molecule has 0 spiro atoms. The van der Waals surface area contributed by atoms with Crippen molar-refractivity contribution in [2.75, 3.05) is 24.6 Å². The number of hydrogen-bond acceptors (Lipinski definition) is 3. The highest BCUT2D eigenvalue weighted by Gasteiger charge is 2.35. The van der Waals surface area contributed by atoms with Gasteiger partial charge in [0.2, 0.25) is 5.91 Å². The van der Waals surface area contributed by atoms with Gasteiger partial charge in [0.25, 0.3) is 0 Å². The summed E-state index contributed by atoms with van der Waals surface area (Å²) < 4.78 is 0. The van der Waals surface area contributed by atoms with E-state index in [0.717, 1.165) is 50.3 Å². The van der Waals surface area contributed by atoms with Gasteiger partial charge in [-0.3, -0.25) is 4.79 Å². The van der Waals surface area contributed by atoms with Crippen molar-refractivity contribution in [3.63, 3.8) is 0 Å². The van der Waals surface area contributed by atoms with Crippen LogP contribution < -0.4 is 0 Å². The molecule has 0 unspecified atom stereocenters. The van der Waals surface area contributed by atoms with Crippen LogP contribution in [-0.2, 0) is 4.79 Å². The molecule has 1 amide bonds. The molecule has 1 N–H and O–H groups in total. The second kappa shape index (κ2) is 4.74. The first kappa shape index (κ1) is 11.3. The van der Waals surface area contributed by atoms with Gasteiger partial charge in [0.15, 0.2) is 0 Å². The summed E-state index contributed by atoms with van der Waals surface area (Å²) in [6.07, 6.45) is 4.10. The highest BCUT2D eigenvalue weighted by molar-refractivity contribution is 7.99. The third kappa shape index (κ3) is 2.88. The van der Waals surface area contributed by atoms with E-state index in [2.05, 4.69) is 0 Å². The molecule has 3 nitrogen and oxygen atoms in total. The van der Waals surface area contributed by atoms with Crippen LogP contribution in [0.25, 0.3) is 0 Å². The number of rotatable bonds is 2. The monoisotopic (exact) mass is 229 g/mol. The fourth-order valence-corrected chi connectivity index (χ4v) is 3.32. The van der Waals surface area contributed by atoms with Gasteiger partial charge in [0, 0.05) is 24.6 Å². The van der Waals surface area contributed by atoms with Gasteiger partial charge in [-0.05, 0) is 12.8 Å². The maximum absolute atomic E-state index is 11.9. The average Bonchev–Trinajstić information content (AvgIpc) is 2.66. The second-order valence-electron chi connectivity index (χ2n) is 4.60. The van der Waals surface area contributed by atoms with Crippen LogP contribution in [0.15, 0.2) is 0 Å². The largest absolute Gasteiger partial charge is 0.389 e. The van der Waals surface area contributed by atoms with E-state index in [1.807, 2.05) is 16.7 Å². The third-order valence-corrected chi connectivity index (χ3v) is 4.32. The van der Waals surface area contributed by atoms with Gasteiger partial charge in [-0.15, -0.1) is 0 Å². The maximum Gasteiger partial charge on any atom is 0.225 e. The van der Waals surface area contributed by atoms with Crippen LogP contribution in [0.5, 0.6) is 0 Å². The normalized spacial score (nSPS) is 25.5. The van der Waals surface area contributed by atoms with E-state index in [0.29, 0.717) is 6.42 Å². The van der Waals surface area contributed by atoms with Crippen LogP contribution in [0.3, 0.4) is 0 Å². The molecule has 15 heavy (non-hydrogen) atoms. The average molecular weight is 229 g/mol. The molecule has 4 heteroatoms. The van der Waals surface area contributed by atoms with Crippen LogP contribution in [0, 0.1) is 0 Å². The molecule has 2 aliphatic rings. The van der Waals surface area contributed by atoms with E-state index in [-0.39, 0.29) is 5.91 Å². The zero-order valence-corrected chi connectivity index (χ0v) is 9.89. The van der Waals surface area contributed by atoms with Gasteiger partial charge in [0.1, 0.15) is 0 Å². The Bertz CT molecular complexity index is 233. The Morgan fingerprint density at radius 3 is 2.47 bits per heavy atom. The highest BCUT2D eigenvalue weighted by atomic mass is 32.2. The summed E-state index contributed by atoms with van der Waals surface area (Å²) in [5.41, 5.74) is -0.679. The lowest BCUT2D eigenvalue weighted by atomic mass is 9.97. The minimum absolute atomic E-state index is 0.153. The first-order valence-electron chi connectivity index (χ1n) is 5.78. The lowest BCUT2D eigenvalue weighted by Gasteiger charge is -2.30. The fraction of sp³-hybridized carbons (Fsp3) is 0.909. The lowest BCUT2D eigenvalue weighted by Crippen LogP contribution is -2.42. The Kier molecular flexibility index (Phi) is 3.57. The number of aliphatic hydroxyl groups is 1. The van der Waals surface area contributed by atoms with E-state index >= 15 is 0 Å². The van der Waals surface area contributed by atoms with Crippen molar-refractivity contribution in [2.24, 2.45) is 0 Å². The van der Waals surface area contributed by atoms with E-state index in [1.54, 1.807) is 0 Å². The molecule has 0 bridgehead atoms. The zero-order chi connectivity index (χ0) is 10.7. The van der Waals surface area contributed by atoms with Crippen molar-refractivity contribution >= 4 is 17.7 Å². The van der Waals surface area contributed by atoms with E-state index in [9.17, 15) is 9.90 Å². The first-order valence-corrected chi connectivity index (χ1v) is 6.93. The molecule has 0 aromatic carbocycles. The third-order valence-electron chi connectivity index (χ3n) is 3.38. The SMILES string of the molecule is O=C(CC1(O)CCCC1)N1CCSCC1. The molecule has 0 radical (unpaired) electrons. The highest BCUT2D eigenvalue weighted by Crippen LogP contribution is 2.32. The van der Waals surface area contributed by atoms with Crippen molar-refractivity contribution in [3.05, 3.63) is 0 Å². The molecule has 0 aromatic heterocycles. The van der Waals surface area contributed by atoms with E-state index in [4.69, 9.17) is 0 Å². The summed E-state index contributed by atoms with van der Waals surface area (Å²) in [6, 6.07) is 0. The minimum Gasteiger partial charge on any atom is -0.389 e. The molecule has 0 aromatic rings. The molecule has 86 valence electrons. The Balaban J connectivity index is 1.85. The number of thioether (sulfide) groups is 1. The van der Waals surface area contributed by atoms with Gasteiger partial charge in [-0.25, -0.2) is 0 Å². The summed E-state index contributed by atoms with van der Waals surface area (Å²) in [4.78, 5) is 13.8. The van der Waals surface area contributed by atoms with Crippen molar-refractivity contribution in [3.8, 4) is 0 Å². The Labute approximate surface area is 95.2 Å². The smallest absolute Gasteiger partial charge is 0.225 e. The van der Waals surface area contributed by atoms with Crippen molar-refractivity contribution in [1.29, 1.82) is 0 Å². The lowest BCUT2D eigenvalue weighted by molar-refractivity contribution is -0.135. The number of nitrogens with zero attached hydrogens (tertiary/aromatic N) is 1. The second-order valence-corrected chi connectivity index (χ2v) is 5.83. The molecule has 2 rings (SSSR count). The van der Waals surface area contributed by atoms with E-state index in [1.165, 1.54) is 0 Å². The predicted octanol–water partition coefficient (Wildman–Crippen LogP) is 1.26. The number of amides is 1. The molecular weight excluding hydrogens is 210 g/mol. The summed E-state index contributed by atoms with van der Waals surface area (Å²) in [5.74, 6) is 2.24. The van der Waals surface area contributed by atoms with Crippen molar-refractivity contribution < 1.29 is 9.90 Å². The topological polar surface area (TPSA) is 40.5 Å². The fourth-order valence-electron chi connectivity index (χ4n) is 2.42. The van der Waals surface area contributed by atoms with Crippen LogP contribution in [-0.4, -0.2) is 46.1 Å². The molecule has 1 saturated carbocycles. The predicted molar refractivity (Wildman–Crippen MR) is 61.9 cm³/mol. The summed E-state index contributed by atoms with van der Waals surface area (Å²) in [6.45, 7) is 1.72. The van der Waals surface area contributed by atoms with Crippen LogP contribution >= 0.6 is 11.8 Å². The van der Waals surface area contributed by atoms with Gasteiger partial charge >= 0.3 is 0 Å². The van der Waals surface area contributed by atoms with Gasteiger partial charge in [-0.1, -0.05) is 12.8 Å². The Morgan fingerprint density at radius 1 is 1.27 bits per heavy atom. The van der Waals surface area contributed by atoms with Crippen LogP contribution in [0.1, 0.15) is 32.1 Å². The molecule has 1 aliphatic heterocycles. The quantitative estimate of drug-likeness (QED) is 0.775. The van der Waals surface area contributed by atoms with Crippen LogP contribution in [0.2, 0.25) is 0 Å². The zero-order valence-electron chi connectivity index (χ0n) is 9.07. The van der Waals surface area contributed by atoms with Crippen LogP contribution in [0.4, 0.5) is 0 Å². The van der Waals surface area contributed by atoms with Gasteiger partial charge in [0.05, 0.1) is 12.0 Å². The number of hydrogen-bond donors (Lipinski definition) is 1. The first-order chi connectivity index (χ1) is 7.20. The summed E-state index contributed by atoms with van der Waals surface area (Å²) in [5, 5.41) is 10.1. The number of carbonyl (C=O) groups excluding carboxylic acids is 1. The Morgan fingerprint density at radius 2 is 1.87 bits per heavy atom. The molecule has 2 fully saturated rings. The standard InChI is InChI=1S/C11H19NO2S/c13-10(12-5-7-15-8-6-12)9-11(14)3-1-2-4-11/h14H,1-9H2. The molecule has 1 heterocycles. The van der Waals surface area contributed by atoms with Crippen molar-refractivity contribution in [1.82, 2.24) is 4.90 Å². The molecular formula is C11H19NO2S.